The Kier molecular flexibility index (Phi) is 5.04. The van der Waals surface area contributed by atoms with Crippen LogP contribution in [0.1, 0.15) is 57.5 Å². The van der Waals surface area contributed by atoms with E-state index in [-0.39, 0.29) is 12.1 Å². The van der Waals surface area contributed by atoms with Crippen molar-refractivity contribution >= 4 is 6.03 Å². The number of amides is 2. The number of carbonyl (C=O) groups excluding carboxylic acids is 1. The second-order valence-electron chi connectivity index (χ2n) is 5.84. The first-order valence-electron chi connectivity index (χ1n) is 7.61. The summed E-state index contributed by atoms with van der Waals surface area (Å²) in [5.74, 6) is 1.42. The van der Waals surface area contributed by atoms with Gasteiger partial charge in [-0.05, 0) is 31.6 Å². The van der Waals surface area contributed by atoms with E-state index in [4.69, 9.17) is 4.52 Å². The number of likely N-dealkylation sites (tertiary alicyclic amines) is 1. The molecule has 0 saturated carbocycles. The number of urea groups is 1. The Morgan fingerprint density at radius 3 is 3.05 bits per heavy atom. The fourth-order valence-corrected chi connectivity index (χ4v) is 2.53. The van der Waals surface area contributed by atoms with Gasteiger partial charge in [-0.15, -0.1) is 0 Å². The summed E-state index contributed by atoms with van der Waals surface area (Å²) in [5.41, 5.74) is 0.951. The first-order valence-corrected chi connectivity index (χ1v) is 7.61. The first-order chi connectivity index (χ1) is 9.61. The molecule has 1 atom stereocenters. The number of aromatic nitrogens is 1. The van der Waals surface area contributed by atoms with E-state index < -0.39 is 0 Å². The molecular formula is C15H25N3O2. The van der Waals surface area contributed by atoms with Gasteiger partial charge in [0.15, 0.2) is 5.76 Å². The zero-order valence-electron chi connectivity index (χ0n) is 12.7. The minimum atomic E-state index is 0.0163. The maximum atomic E-state index is 12.2. The molecule has 2 amide bonds. The van der Waals surface area contributed by atoms with Crippen LogP contribution in [-0.2, 0) is 6.42 Å². The lowest BCUT2D eigenvalue weighted by Gasteiger charge is -2.23. The van der Waals surface area contributed by atoms with Gasteiger partial charge in [0.05, 0.1) is 11.7 Å². The molecule has 5 heteroatoms. The lowest BCUT2D eigenvalue weighted by atomic mass is 10.1. The molecule has 0 aliphatic carbocycles. The molecule has 1 N–H and O–H groups in total. The Morgan fingerprint density at radius 2 is 2.40 bits per heavy atom. The third-order valence-electron chi connectivity index (χ3n) is 3.78. The van der Waals surface area contributed by atoms with E-state index in [0.29, 0.717) is 5.92 Å². The van der Waals surface area contributed by atoms with Gasteiger partial charge in [-0.2, -0.15) is 0 Å². The minimum Gasteiger partial charge on any atom is -0.359 e. The van der Waals surface area contributed by atoms with Gasteiger partial charge in [0, 0.05) is 19.2 Å². The zero-order chi connectivity index (χ0) is 14.5. The molecule has 1 aliphatic heterocycles. The van der Waals surface area contributed by atoms with Gasteiger partial charge in [0.1, 0.15) is 0 Å². The molecule has 20 heavy (non-hydrogen) atoms. The smallest absolute Gasteiger partial charge is 0.318 e. The van der Waals surface area contributed by atoms with Gasteiger partial charge in [-0.25, -0.2) is 4.79 Å². The Labute approximate surface area is 120 Å². The van der Waals surface area contributed by atoms with Crippen LogP contribution in [0.4, 0.5) is 4.79 Å². The van der Waals surface area contributed by atoms with Gasteiger partial charge in [0.25, 0.3) is 0 Å². The van der Waals surface area contributed by atoms with E-state index >= 15 is 0 Å². The molecule has 1 aromatic rings. The molecular weight excluding hydrogens is 254 g/mol. The van der Waals surface area contributed by atoms with Crippen molar-refractivity contribution in [2.45, 2.75) is 52.5 Å². The normalized spacial score (nSPS) is 18.8. The average Bonchev–Trinajstić information content (AvgIpc) is 3.06. The summed E-state index contributed by atoms with van der Waals surface area (Å²) in [4.78, 5) is 14.1. The van der Waals surface area contributed by atoms with Gasteiger partial charge in [-0.3, -0.25) is 0 Å². The van der Waals surface area contributed by atoms with Crippen molar-refractivity contribution in [2.24, 2.45) is 5.92 Å². The van der Waals surface area contributed by atoms with Crippen LogP contribution in [0.5, 0.6) is 0 Å². The maximum absolute atomic E-state index is 12.2. The van der Waals surface area contributed by atoms with Crippen LogP contribution in [0.2, 0.25) is 0 Å². The fraction of sp³-hybridized carbons (Fsp3) is 0.733. The van der Waals surface area contributed by atoms with Crippen LogP contribution < -0.4 is 5.32 Å². The van der Waals surface area contributed by atoms with Crippen molar-refractivity contribution in [2.75, 3.05) is 13.1 Å². The standard InChI is InChI=1S/C15H25N3O2/c1-4-12-10-14(20-17-12)13-6-5-9-18(13)15(19)16-8-7-11(2)3/h10-11,13H,4-9H2,1-3H3,(H,16,19)/t13-/m0/s1. The molecule has 0 bridgehead atoms. The molecule has 5 nitrogen and oxygen atoms in total. The van der Waals surface area contributed by atoms with Crippen LogP contribution in [0.15, 0.2) is 10.6 Å². The second kappa shape index (κ2) is 6.77. The second-order valence-corrected chi connectivity index (χ2v) is 5.84. The highest BCUT2D eigenvalue weighted by Gasteiger charge is 2.32. The molecule has 0 aromatic carbocycles. The molecule has 1 saturated heterocycles. The average molecular weight is 279 g/mol. The van der Waals surface area contributed by atoms with E-state index in [1.165, 1.54) is 0 Å². The summed E-state index contributed by atoms with van der Waals surface area (Å²) in [6, 6.07) is 2.04. The SMILES string of the molecule is CCc1cc([C@@H]2CCCN2C(=O)NCCC(C)C)on1. The van der Waals surface area contributed by atoms with Gasteiger partial charge >= 0.3 is 6.03 Å². The van der Waals surface area contributed by atoms with Crippen molar-refractivity contribution in [3.05, 3.63) is 17.5 Å². The highest BCUT2D eigenvalue weighted by atomic mass is 16.5. The number of carbonyl (C=O) groups is 1. The third kappa shape index (κ3) is 3.52. The molecule has 0 radical (unpaired) electrons. The molecule has 0 unspecified atom stereocenters. The van der Waals surface area contributed by atoms with Crippen molar-refractivity contribution in [1.82, 2.24) is 15.4 Å². The molecule has 1 aliphatic rings. The largest absolute Gasteiger partial charge is 0.359 e. The van der Waals surface area contributed by atoms with Crippen LogP contribution in [0.3, 0.4) is 0 Å². The summed E-state index contributed by atoms with van der Waals surface area (Å²) < 4.78 is 5.39. The summed E-state index contributed by atoms with van der Waals surface area (Å²) >= 11 is 0. The van der Waals surface area contributed by atoms with Crippen molar-refractivity contribution in [3.8, 4) is 0 Å². The van der Waals surface area contributed by atoms with Crippen molar-refractivity contribution < 1.29 is 9.32 Å². The highest BCUT2D eigenvalue weighted by Crippen LogP contribution is 2.32. The van der Waals surface area contributed by atoms with Crippen LogP contribution in [0.25, 0.3) is 0 Å². The zero-order valence-corrected chi connectivity index (χ0v) is 12.7. The number of hydrogen-bond donors (Lipinski definition) is 1. The number of aryl methyl sites for hydroxylation is 1. The number of rotatable bonds is 5. The molecule has 1 fully saturated rings. The molecule has 2 heterocycles. The molecule has 2 rings (SSSR count). The van der Waals surface area contributed by atoms with E-state index in [1.807, 2.05) is 17.9 Å². The van der Waals surface area contributed by atoms with Gasteiger partial charge in [0.2, 0.25) is 0 Å². The Hall–Kier alpha value is -1.52. The van der Waals surface area contributed by atoms with Gasteiger partial charge in [-0.1, -0.05) is 25.9 Å². The van der Waals surface area contributed by atoms with E-state index in [0.717, 1.165) is 50.2 Å². The summed E-state index contributed by atoms with van der Waals surface area (Å²) in [6.45, 7) is 7.89. The molecule has 0 spiro atoms. The lowest BCUT2D eigenvalue weighted by Crippen LogP contribution is -2.40. The minimum absolute atomic E-state index is 0.0163. The third-order valence-corrected chi connectivity index (χ3v) is 3.78. The predicted molar refractivity (Wildman–Crippen MR) is 77.4 cm³/mol. The number of nitrogens with zero attached hydrogens (tertiary/aromatic N) is 2. The summed E-state index contributed by atoms with van der Waals surface area (Å²) in [7, 11) is 0. The number of nitrogens with one attached hydrogen (secondary N) is 1. The van der Waals surface area contributed by atoms with E-state index in [1.54, 1.807) is 0 Å². The van der Waals surface area contributed by atoms with Crippen LogP contribution in [0, 0.1) is 5.92 Å². The predicted octanol–water partition coefficient (Wildman–Crippen LogP) is 3.13. The summed E-state index contributed by atoms with van der Waals surface area (Å²) in [6.07, 6.45) is 3.84. The number of hydrogen-bond acceptors (Lipinski definition) is 3. The monoisotopic (exact) mass is 279 g/mol. The Bertz CT molecular complexity index is 442. The first kappa shape index (κ1) is 14.9. The Balaban J connectivity index is 1.94. The van der Waals surface area contributed by atoms with Crippen LogP contribution in [-0.4, -0.2) is 29.2 Å². The lowest BCUT2D eigenvalue weighted by molar-refractivity contribution is 0.182. The van der Waals surface area contributed by atoms with Crippen molar-refractivity contribution in [3.63, 3.8) is 0 Å². The maximum Gasteiger partial charge on any atom is 0.318 e. The summed E-state index contributed by atoms with van der Waals surface area (Å²) in [5, 5.41) is 7.03. The topological polar surface area (TPSA) is 58.4 Å². The fourth-order valence-electron chi connectivity index (χ4n) is 2.53. The van der Waals surface area contributed by atoms with E-state index in [9.17, 15) is 4.79 Å². The highest BCUT2D eigenvalue weighted by molar-refractivity contribution is 5.75. The van der Waals surface area contributed by atoms with Crippen molar-refractivity contribution in [1.29, 1.82) is 0 Å². The van der Waals surface area contributed by atoms with Gasteiger partial charge < -0.3 is 14.7 Å². The Morgan fingerprint density at radius 1 is 1.60 bits per heavy atom. The van der Waals surface area contributed by atoms with E-state index in [2.05, 4.69) is 24.3 Å². The molecule has 112 valence electrons. The quantitative estimate of drug-likeness (QED) is 0.901. The molecule has 1 aromatic heterocycles. The van der Waals surface area contributed by atoms with Crippen LogP contribution >= 0.6 is 0 Å².